The Bertz CT molecular complexity index is 1180. The van der Waals surface area contributed by atoms with Crippen molar-refractivity contribution in [3.8, 4) is 0 Å². The molecule has 7 nitrogen and oxygen atoms in total. The van der Waals surface area contributed by atoms with E-state index in [1.165, 1.54) is 28.4 Å². The highest BCUT2D eigenvalue weighted by atomic mass is 32.1. The third-order valence-corrected chi connectivity index (χ3v) is 6.56. The van der Waals surface area contributed by atoms with Crippen molar-refractivity contribution in [2.45, 2.75) is 20.4 Å². The van der Waals surface area contributed by atoms with Gasteiger partial charge >= 0.3 is 5.00 Å². The third kappa shape index (κ3) is 3.87. The van der Waals surface area contributed by atoms with Crippen LogP contribution < -0.4 is 4.90 Å². The Kier molecular flexibility index (Phi) is 5.08. The summed E-state index contributed by atoms with van der Waals surface area (Å²) in [5.41, 5.74) is 3.82. The van der Waals surface area contributed by atoms with E-state index in [2.05, 4.69) is 16.0 Å². The second-order valence-corrected chi connectivity index (χ2v) is 8.58. The molecule has 0 bridgehead atoms. The Morgan fingerprint density at radius 1 is 1.14 bits per heavy atom. The van der Waals surface area contributed by atoms with Crippen LogP contribution >= 0.6 is 22.7 Å². The SMILES string of the molecule is Cc1cc2nc(N(Cc3ccccn3)C(=O)c3ccc([N+](=O)[O-])s3)sc2cc1C. The van der Waals surface area contributed by atoms with Gasteiger partial charge in [0.15, 0.2) is 5.13 Å². The maximum absolute atomic E-state index is 13.2. The van der Waals surface area contributed by atoms with Crippen LogP contribution in [0.5, 0.6) is 0 Å². The van der Waals surface area contributed by atoms with E-state index in [-0.39, 0.29) is 17.5 Å². The average molecular weight is 425 g/mol. The summed E-state index contributed by atoms with van der Waals surface area (Å²) in [6.45, 7) is 4.29. The van der Waals surface area contributed by atoms with Gasteiger partial charge in [0.1, 0.15) is 0 Å². The van der Waals surface area contributed by atoms with Gasteiger partial charge in [-0.2, -0.15) is 0 Å². The molecule has 0 atom stereocenters. The summed E-state index contributed by atoms with van der Waals surface area (Å²) in [6, 6.07) is 12.4. The number of benzene rings is 1. The molecule has 0 radical (unpaired) electrons. The molecular formula is C20H16N4O3S2. The normalized spacial score (nSPS) is 11.0. The number of aryl methyl sites for hydroxylation is 2. The van der Waals surface area contributed by atoms with Crippen molar-refractivity contribution < 1.29 is 9.72 Å². The first-order valence-electron chi connectivity index (χ1n) is 8.76. The van der Waals surface area contributed by atoms with E-state index in [4.69, 9.17) is 0 Å². The second kappa shape index (κ2) is 7.69. The van der Waals surface area contributed by atoms with Crippen LogP contribution in [0.15, 0.2) is 48.7 Å². The Hall–Kier alpha value is -3.17. The van der Waals surface area contributed by atoms with Crippen molar-refractivity contribution in [3.63, 3.8) is 0 Å². The molecule has 29 heavy (non-hydrogen) atoms. The van der Waals surface area contributed by atoms with Crippen LogP contribution in [0.25, 0.3) is 10.2 Å². The number of hydrogen-bond acceptors (Lipinski definition) is 7. The molecule has 0 unspecified atom stereocenters. The predicted octanol–water partition coefficient (Wildman–Crippen LogP) is 5.12. The summed E-state index contributed by atoms with van der Waals surface area (Å²) in [4.78, 5) is 34.6. The Morgan fingerprint density at radius 2 is 1.93 bits per heavy atom. The quantitative estimate of drug-likeness (QED) is 0.327. The molecule has 4 rings (SSSR count). The van der Waals surface area contributed by atoms with Crippen LogP contribution in [0.2, 0.25) is 0 Å². The molecule has 0 aliphatic carbocycles. The van der Waals surface area contributed by atoms with Crippen LogP contribution in [-0.4, -0.2) is 20.8 Å². The highest BCUT2D eigenvalue weighted by Crippen LogP contribution is 2.34. The van der Waals surface area contributed by atoms with Gasteiger partial charge in [-0.25, -0.2) is 4.98 Å². The van der Waals surface area contributed by atoms with Gasteiger partial charge in [-0.3, -0.25) is 24.8 Å². The number of rotatable bonds is 5. The minimum absolute atomic E-state index is 0.0679. The lowest BCUT2D eigenvalue weighted by Crippen LogP contribution is -2.30. The number of thiophene rings is 1. The standard InChI is InChI=1S/C20H16N4O3S2/c1-12-9-15-17(10-13(12)2)29-20(22-15)23(11-14-5-3-4-8-21-14)19(25)16-6-7-18(28-16)24(26)27/h3-10H,11H2,1-2H3. The molecular weight excluding hydrogens is 408 g/mol. The number of nitrogens with zero attached hydrogens (tertiary/aromatic N) is 4. The first kappa shape index (κ1) is 19.2. The first-order chi connectivity index (χ1) is 13.9. The molecule has 0 aliphatic heterocycles. The van der Waals surface area contributed by atoms with Crippen LogP contribution in [-0.2, 0) is 6.54 Å². The predicted molar refractivity (Wildman–Crippen MR) is 115 cm³/mol. The highest BCUT2D eigenvalue weighted by molar-refractivity contribution is 7.22. The molecule has 0 saturated carbocycles. The minimum atomic E-state index is -0.492. The summed E-state index contributed by atoms with van der Waals surface area (Å²) < 4.78 is 0.985. The summed E-state index contributed by atoms with van der Waals surface area (Å²) in [6.07, 6.45) is 1.67. The number of aromatic nitrogens is 2. The zero-order valence-electron chi connectivity index (χ0n) is 15.7. The summed E-state index contributed by atoms with van der Waals surface area (Å²) in [7, 11) is 0. The van der Waals surface area contributed by atoms with E-state index in [1.807, 2.05) is 38.1 Å². The Labute approximate surface area is 174 Å². The van der Waals surface area contributed by atoms with Crippen LogP contribution in [0, 0.1) is 24.0 Å². The number of thiazole rings is 1. The number of amides is 1. The Morgan fingerprint density at radius 3 is 2.62 bits per heavy atom. The van der Waals surface area contributed by atoms with Gasteiger partial charge in [0.25, 0.3) is 5.91 Å². The first-order valence-corrected chi connectivity index (χ1v) is 10.4. The third-order valence-electron chi connectivity index (χ3n) is 4.50. The van der Waals surface area contributed by atoms with E-state index in [1.54, 1.807) is 6.20 Å². The molecule has 3 aromatic heterocycles. The molecule has 4 aromatic rings. The van der Waals surface area contributed by atoms with Gasteiger partial charge in [-0.05, 0) is 55.3 Å². The maximum Gasteiger partial charge on any atom is 0.324 e. The van der Waals surface area contributed by atoms with E-state index < -0.39 is 4.92 Å². The summed E-state index contributed by atoms with van der Waals surface area (Å²) >= 11 is 2.28. The van der Waals surface area contributed by atoms with Crippen LogP contribution in [0.1, 0.15) is 26.5 Å². The zero-order chi connectivity index (χ0) is 20.5. The van der Waals surface area contributed by atoms with Gasteiger partial charge in [-0.15, -0.1) is 0 Å². The molecule has 146 valence electrons. The fourth-order valence-corrected chi connectivity index (χ4v) is 4.65. The van der Waals surface area contributed by atoms with Crippen molar-refractivity contribution in [2.24, 2.45) is 0 Å². The van der Waals surface area contributed by atoms with Crippen molar-refractivity contribution in [3.05, 3.63) is 80.5 Å². The van der Waals surface area contributed by atoms with Crippen LogP contribution in [0.4, 0.5) is 10.1 Å². The zero-order valence-corrected chi connectivity index (χ0v) is 17.3. The van der Waals surface area contributed by atoms with Gasteiger partial charge in [-0.1, -0.05) is 28.7 Å². The smallest absolute Gasteiger partial charge is 0.277 e. The van der Waals surface area contributed by atoms with Gasteiger partial charge in [0.05, 0.1) is 32.3 Å². The fourth-order valence-electron chi connectivity index (χ4n) is 2.84. The number of hydrogen-bond donors (Lipinski definition) is 0. The average Bonchev–Trinajstić information content (AvgIpc) is 3.34. The number of nitro groups is 1. The monoisotopic (exact) mass is 424 g/mol. The summed E-state index contributed by atoms with van der Waals surface area (Å²) in [5, 5.41) is 11.5. The molecule has 1 aromatic carbocycles. The van der Waals surface area contributed by atoms with Crippen molar-refractivity contribution in [1.82, 2.24) is 9.97 Å². The topological polar surface area (TPSA) is 89.2 Å². The number of fused-ring (bicyclic) bond motifs is 1. The lowest BCUT2D eigenvalue weighted by molar-refractivity contribution is -0.380. The van der Waals surface area contributed by atoms with E-state index >= 15 is 0 Å². The van der Waals surface area contributed by atoms with Crippen molar-refractivity contribution in [2.75, 3.05) is 4.90 Å². The molecule has 3 heterocycles. The Balaban J connectivity index is 1.77. The van der Waals surface area contributed by atoms with Crippen molar-refractivity contribution >= 4 is 48.9 Å². The molecule has 0 N–H and O–H groups in total. The molecule has 9 heteroatoms. The largest absolute Gasteiger partial charge is 0.324 e. The highest BCUT2D eigenvalue weighted by Gasteiger charge is 2.25. The summed E-state index contributed by atoms with van der Waals surface area (Å²) in [5.74, 6) is -0.332. The maximum atomic E-state index is 13.2. The molecule has 1 amide bonds. The fraction of sp³-hybridized carbons (Fsp3) is 0.150. The number of carbonyl (C=O) groups is 1. The molecule has 0 spiro atoms. The van der Waals surface area contributed by atoms with Crippen molar-refractivity contribution in [1.29, 1.82) is 0 Å². The van der Waals surface area contributed by atoms with Gasteiger partial charge in [0.2, 0.25) is 0 Å². The van der Waals surface area contributed by atoms with E-state index in [0.29, 0.717) is 15.7 Å². The van der Waals surface area contributed by atoms with Gasteiger partial charge < -0.3 is 0 Å². The van der Waals surface area contributed by atoms with E-state index in [9.17, 15) is 14.9 Å². The van der Waals surface area contributed by atoms with E-state index in [0.717, 1.165) is 32.7 Å². The molecule has 0 fully saturated rings. The molecule has 0 saturated heterocycles. The second-order valence-electron chi connectivity index (χ2n) is 6.51. The lowest BCUT2D eigenvalue weighted by Gasteiger charge is -2.18. The number of carbonyl (C=O) groups excluding carboxylic acids is 1. The minimum Gasteiger partial charge on any atom is -0.277 e. The van der Waals surface area contributed by atoms with Gasteiger partial charge in [0, 0.05) is 12.3 Å². The number of pyridine rings is 1. The molecule has 0 aliphatic rings. The number of anilines is 1. The van der Waals surface area contributed by atoms with Crippen LogP contribution in [0.3, 0.4) is 0 Å². The lowest BCUT2D eigenvalue weighted by atomic mass is 10.1.